The highest BCUT2D eigenvalue weighted by atomic mass is 19.1. The van der Waals surface area contributed by atoms with Crippen molar-refractivity contribution in [1.82, 2.24) is 15.1 Å². The first-order valence-electron chi connectivity index (χ1n) is 9.20. The predicted octanol–water partition coefficient (Wildman–Crippen LogP) is 4.14. The van der Waals surface area contributed by atoms with Crippen molar-refractivity contribution in [2.75, 3.05) is 7.11 Å². The van der Waals surface area contributed by atoms with Crippen LogP contribution in [0.15, 0.2) is 54.7 Å². The molecule has 1 N–H and O–H groups in total. The van der Waals surface area contributed by atoms with Crippen molar-refractivity contribution in [1.29, 1.82) is 0 Å². The van der Waals surface area contributed by atoms with Crippen LogP contribution in [0.25, 0.3) is 5.69 Å². The second-order valence-electron chi connectivity index (χ2n) is 6.71. The summed E-state index contributed by atoms with van der Waals surface area (Å²) in [6.07, 6.45) is 2.81. The molecule has 2 aromatic carbocycles. The van der Waals surface area contributed by atoms with Crippen LogP contribution in [0.3, 0.4) is 0 Å². The fourth-order valence-corrected chi connectivity index (χ4v) is 3.13. The molecule has 1 atom stereocenters. The van der Waals surface area contributed by atoms with Crippen LogP contribution in [0, 0.1) is 12.7 Å². The van der Waals surface area contributed by atoms with Gasteiger partial charge in [-0.3, -0.25) is 4.79 Å². The molecule has 0 spiro atoms. The van der Waals surface area contributed by atoms with Crippen molar-refractivity contribution in [2.45, 2.75) is 32.7 Å². The van der Waals surface area contributed by atoms with Crippen LogP contribution >= 0.6 is 0 Å². The zero-order valence-electron chi connectivity index (χ0n) is 16.3. The van der Waals surface area contributed by atoms with Gasteiger partial charge in [-0.25, -0.2) is 9.07 Å². The molecule has 3 aromatic rings. The Hall–Kier alpha value is -3.15. The highest BCUT2D eigenvalue weighted by Gasteiger charge is 2.16. The molecular formula is C22H24FN3O2. The summed E-state index contributed by atoms with van der Waals surface area (Å²) in [5.74, 6) is 0.499. The Labute approximate surface area is 164 Å². The van der Waals surface area contributed by atoms with Gasteiger partial charge < -0.3 is 10.1 Å². The predicted molar refractivity (Wildman–Crippen MR) is 106 cm³/mol. The molecular weight excluding hydrogens is 357 g/mol. The number of hydrogen-bond donors (Lipinski definition) is 1. The number of aryl methyl sites for hydroxylation is 1. The number of nitrogens with one attached hydrogen (secondary N) is 1. The lowest BCUT2D eigenvalue weighted by Gasteiger charge is -2.14. The molecule has 1 heterocycles. The Morgan fingerprint density at radius 1 is 1.18 bits per heavy atom. The van der Waals surface area contributed by atoms with Crippen LogP contribution in [0.1, 0.15) is 36.2 Å². The molecule has 1 aromatic heterocycles. The topological polar surface area (TPSA) is 56.1 Å². The smallest absolute Gasteiger partial charge is 0.220 e. The lowest BCUT2D eigenvalue weighted by molar-refractivity contribution is -0.121. The van der Waals surface area contributed by atoms with E-state index in [1.165, 1.54) is 12.1 Å². The quantitative estimate of drug-likeness (QED) is 0.669. The summed E-state index contributed by atoms with van der Waals surface area (Å²) in [5.41, 5.74) is 3.71. The number of nitrogens with zero attached hydrogens (tertiary/aromatic N) is 2. The van der Waals surface area contributed by atoms with E-state index in [1.54, 1.807) is 30.1 Å². The first-order valence-corrected chi connectivity index (χ1v) is 9.20. The number of aromatic nitrogens is 2. The summed E-state index contributed by atoms with van der Waals surface area (Å²) in [7, 11) is 1.63. The maximum Gasteiger partial charge on any atom is 0.220 e. The monoisotopic (exact) mass is 381 g/mol. The van der Waals surface area contributed by atoms with Gasteiger partial charge in [0.05, 0.1) is 25.0 Å². The molecule has 0 aliphatic carbocycles. The van der Waals surface area contributed by atoms with E-state index in [9.17, 15) is 9.18 Å². The summed E-state index contributed by atoms with van der Waals surface area (Å²) >= 11 is 0. The third-order valence-electron chi connectivity index (χ3n) is 4.76. The van der Waals surface area contributed by atoms with Gasteiger partial charge in [-0.2, -0.15) is 5.10 Å². The van der Waals surface area contributed by atoms with E-state index in [4.69, 9.17) is 4.74 Å². The number of rotatable bonds is 7. The van der Waals surface area contributed by atoms with Crippen LogP contribution < -0.4 is 10.1 Å². The van der Waals surface area contributed by atoms with E-state index < -0.39 is 0 Å². The third kappa shape index (κ3) is 4.57. The summed E-state index contributed by atoms with van der Waals surface area (Å²) in [4.78, 5) is 12.3. The maximum absolute atomic E-state index is 13.1. The van der Waals surface area contributed by atoms with Crippen LogP contribution in [0.5, 0.6) is 5.75 Å². The molecule has 0 radical (unpaired) electrons. The normalized spacial score (nSPS) is 11.9. The van der Waals surface area contributed by atoms with Gasteiger partial charge in [0.1, 0.15) is 11.6 Å². The molecule has 0 fully saturated rings. The van der Waals surface area contributed by atoms with Gasteiger partial charge in [0, 0.05) is 17.7 Å². The average Bonchev–Trinajstić information content (AvgIpc) is 3.09. The number of benzene rings is 2. The van der Waals surface area contributed by atoms with Gasteiger partial charge >= 0.3 is 0 Å². The summed E-state index contributed by atoms with van der Waals surface area (Å²) < 4.78 is 20.0. The van der Waals surface area contributed by atoms with Gasteiger partial charge in [-0.05, 0) is 62.2 Å². The first kappa shape index (κ1) is 19.6. The molecule has 0 saturated carbocycles. The van der Waals surface area contributed by atoms with Gasteiger partial charge in [-0.1, -0.05) is 12.1 Å². The Morgan fingerprint density at radius 3 is 2.50 bits per heavy atom. The van der Waals surface area contributed by atoms with E-state index in [1.807, 2.05) is 38.1 Å². The minimum Gasteiger partial charge on any atom is -0.497 e. The van der Waals surface area contributed by atoms with E-state index in [0.29, 0.717) is 12.8 Å². The highest BCUT2D eigenvalue weighted by molar-refractivity contribution is 5.76. The van der Waals surface area contributed by atoms with E-state index in [0.717, 1.165) is 28.3 Å². The molecule has 5 nitrogen and oxygen atoms in total. The zero-order chi connectivity index (χ0) is 20.1. The van der Waals surface area contributed by atoms with Crippen molar-refractivity contribution < 1.29 is 13.9 Å². The molecule has 28 heavy (non-hydrogen) atoms. The minimum absolute atomic E-state index is 0.0164. The number of amides is 1. The second kappa shape index (κ2) is 8.69. The van der Waals surface area contributed by atoms with Crippen molar-refractivity contribution in [2.24, 2.45) is 0 Å². The molecule has 0 saturated heterocycles. The van der Waals surface area contributed by atoms with Gasteiger partial charge in [0.2, 0.25) is 5.91 Å². The van der Waals surface area contributed by atoms with Crippen molar-refractivity contribution >= 4 is 5.91 Å². The van der Waals surface area contributed by atoms with E-state index in [-0.39, 0.29) is 17.8 Å². The van der Waals surface area contributed by atoms with Crippen LogP contribution in [-0.2, 0) is 11.2 Å². The molecule has 1 unspecified atom stereocenters. The average molecular weight is 381 g/mol. The first-order chi connectivity index (χ1) is 13.5. The lowest BCUT2D eigenvalue weighted by atomic mass is 10.1. The molecule has 146 valence electrons. The van der Waals surface area contributed by atoms with Crippen molar-refractivity contribution in [3.05, 3.63) is 77.4 Å². The SMILES string of the molecule is COc1ccc(CCC(=O)NC(C)c2cnn(-c3ccc(F)cc3)c2C)cc1. The van der Waals surface area contributed by atoms with E-state index >= 15 is 0 Å². The van der Waals surface area contributed by atoms with Crippen LogP contribution in [0.2, 0.25) is 0 Å². The number of halogens is 1. The van der Waals surface area contributed by atoms with Crippen molar-refractivity contribution in [3.8, 4) is 11.4 Å². The molecule has 6 heteroatoms. The Kier molecular flexibility index (Phi) is 6.09. The highest BCUT2D eigenvalue weighted by Crippen LogP contribution is 2.20. The fraction of sp³-hybridized carbons (Fsp3) is 0.273. The number of carbonyl (C=O) groups is 1. The van der Waals surface area contributed by atoms with Gasteiger partial charge in [0.15, 0.2) is 0 Å². The Bertz CT molecular complexity index is 933. The van der Waals surface area contributed by atoms with Crippen LogP contribution in [0.4, 0.5) is 4.39 Å². The van der Waals surface area contributed by atoms with Crippen LogP contribution in [-0.4, -0.2) is 22.8 Å². The molecule has 0 aliphatic heterocycles. The maximum atomic E-state index is 13.1. The summed E-state index contributed by atoms with van der Waals surface area (Å²) in [5, 5.41) is 7.41. The largest absolute Gasteiger partial charge is 0.497 e. The third-order valence-corrected chi connectivity index (χ3v) is 4.76. The Morgan fingerprint density at radius 2 is 1.86 bits per heavy atom. The lowest BCUT2D eigenvalue weighted by Crippen LogP contribution is -2.27. The number of carbonyl (C=O) groups excluding carboxylic acids is 1. The molecule has 0 bridgehead atoms. The molecule has 3 rings (SSSR count). The zero-order valence-corrected chi connectivity index (χ0v) is 16.3. The Balaban J connectivity index is 1.60. The fourth-order valence-electron chi connectivity index (χ4n) is 3.13. The standard InChI is InChI=1S/C22H24FN3O2/c1-15(25-22(27)13-6-17-4-11-20(28-3)12-5-17)21-14-24-26(16(21)2)19-9-7-18(23)8-10-19/h4-5,7-12,14-15H,6,13H2,1-3H3,(H,25,27). The summed E-state index contributed by atoms with van der Waals surface area (Å²) in [6, 6.07) is 13.7. The molecule has 0 aliphatic rings. The minimum atomic E-state index is -0.286. The van der Waals surface area contributed by atoms with E-state index in [2.05, 4.69) is 10.4 Å². The molecule has 1 amide bonds. The number of ether oxygens (including phenoxy) is 1. The van der Waals surface area contributed by atoms with Crippen molar-refractivity contribution in [3.63, 3.8) is 0 Å². The summed E-state index contributed by atoms with van der Waals surface area (Å²) in [6.45, 7) is 3.87. The van der Waals surface area contributed by atoms with Gasteiger partial charge in [-0.15, -0.1) is 0 Å². The van der Waals surface area contributed by atoms with Gasteiger partial charge in [0.25, 0.3) is 0 Å². The number of hydrogen-bond acceptors (Lipinski definition) is 3. The second-order valence-corrected chi connectivity index (χ2v) is 6.71. The number of methoxy groups -OCH3 is 1.